The average Bonchev–Trinajstić information content (AvgIpc) is 3.23. The summed E-state index contributed by atoms with van der Waals surface area (Å²) in [5, 5.41) is 10.9. The summed E-state index contributed by atoms with van der Waals surface area (Å²) >= 11 is 6.30. The van der Waals surface area contributed by atoms with Crippen LogP contribution >= 0.6 is 11.6 Å². The molecule has 0 spiro atoms. The van der Waals surface area contributed by atoms with Crippen LogP contribution in [0, 0.1) is 5.92 Å². The number of anilines is 1. The van der Waals surface area contributed by atoms with Crippen LogP contribution in [-0.2, 0) is 4.79 Å². The lowest BCUT2D eigenvalue weighted by molar-refractivity contribution is -0.136. The number of benzene rings is 1. The molecule has 1 aliphatic heterocycles. The van der Waals surface area contributed by atoms with Crippen molar-refractivity contribution in [1.29, 1.82) is 0 Å². The van der Waals surface area contributed by atoms with E-state index in [2.05, 4.69) is 26.4 Å². The molecule has 8 heteroatoms. The maximum atomic E-state index is 12.6. The van der Waals surface area contributed by atoms with E-state index in [1.807, 2.05) is 36.9 Å². The van der Waals surface area contributed by atoms with Gasteiger partial charge in [0.2, 0.25) is 11.9 Å². The molecule has 2 aliphatic rings. The normalized spacial score (nSPS) is 20.6. The van der Waals surface area contributed by atoms with E-state index in [0.29, 0.717) is 17.5 Å². The number of fused-ring (bicyclic) bond motifs is 3. The third-order valence-corrected chi connectivity index (χ3v) is 7.20. The van der Waals surface area contributed by atoms with Crippen LogP contribution in [0.4, 0.5) is 5.95 Å². The number of halogens is 1. The zero-order chi connectivity index (χ0) is 22.4. The van der Waals surface area contributed by atoms with E-state index in [4.69, 9.17) is 16.6 Å². The number of nitrogens with zero attached hydrogens (tertiary/aromatic N) is 6. The first kappa shape index (κ1) is 21.4. The van der Waals surface area contributed by atoms with E-state index >= 15 is 0 Å². The Bertz CT molecular complexity index is 1150. The first-order chi connectivity index (χ1) is 15.4. The van der Waals surface area contributed by atoms with Gasteiger partial charge in [-0.25, -0.2) is 9.38 Å². The molecule has 1 aliphatic carbocycles. The average molecular weight is 455 g/mol. The van der Waals surface area contributed by atoms with Gasteiger partial charge >= 0.3 is 0 Å². The lowest BCUT2D eigenvalue weighted by atomic mass is 9.89. The minimum atomic E-state index is 0.00685. The molecule has 2 aromatic heterocycles. The minimum Gasteiger partial charge on any atom is -0.338 e. The van der Waals surface area contributed by atoms with Gasteiger partial charge in [-0.15, -0.1) is 10.2 Å². The van der Waals surface area contributed by atoms with Gasteiger partial charge in [-0.05, 0) is 38.0 Å². The van der Waals surface area contributed by atoms with Crippen LogP contribution < -0.4 is 4.90 Å². The van der Waals surface area contributed by atoms with Gasteiger partial charge in [0.25, 0.3) is 0 Å². The number of amides is 1. The lowest BCUT2D eigenvalue weighted by Gasteiger charge is -2.41. The number of carbonyl (C=O) groups excluding carboxylic acids is 1. The predicted molar refractivity (Wildman–Crippen MR) is 127 cm³/mol. The van der Waals surface area contributed by atoms with Crippen molar-refractivity contribution in [1.82, 2.24) is 24.5 Å². The van der Waals surface area contributed by atoms with E-state index < -0.39 is 0 Å². The topological polar surface area (TPSA) is 66.6 Å². The fraction of sp³-hybridized carbons (Fsp3) is 0.583. The Morgan fingerprint density at radius 2 is 1.91 bits per heavy atom. The van der Waals surface area contributed by atoms with Crippen molar-refractivity contribution in [3.05, 3.63) is 29.0 Å². The first-order valence-electron chi connectivity index (χ1n) is 11.8. The van der Waals surface area contributed by atoms with Crippen molar-refractivity contribution in [2.24, 2.45) is 5.92 Å². The Morgan fingerprint density at radius 1 is 1.12 bits per heavy atom. The highest BCUT2D eigenvalue weighted by Gasteiger charge is 2.32. The molecule has 0 radical (unpaired) electrons. The van der Waals surface area contributed by atoms with Crippen molar-refractivity contribution >= 4 is 40.0 Å². The van der Waals surface area contributed by atoms with E-state index in [9.17, 15) is 4.79 Å². The summed E-state index contributed by atoms with van der Waals surface area (Å²) in [7, 11) is 0. The van der Waals surface area contributed by atoms with Gasteiger partial charge in [0.15, 0.2) is 5.65 Å². The van der Waals surface area contributed by atoms with Crippen LogP contribution in [0.25, 0.3) is 16.6 Å². The number of aromatic nitrogens is 4. The van der Waals surface area contributed by atoms with Crippen LogP contribution in [0.5, 0.6) is 0 Å². The molecule has 1 aromatic carbocycles. The van der Waals surface area contributed by atoms with Gasteiger partial charge in [0.1, 0.15) is 5.82 Å². The van der Waals surface area contributed by atoms with Crippen molar-refractivity contribution < 1.29 is 4.79 Å². The van der Waals surface area contributed by atoms with Crippen molar-refractivity contribution in [3.8, 4) is 0 Å². The van der Waals surface area contributed by atoms with Gasteiger partial charge in [0, 0.05) is 47.9 Å². The molecule has 1 unspecified atom stereocenters. The van der Waals surface area contributed by atoms with Gasteiger partial charge in [-0.1, -0.05) is 44.7 Å². The molecule has 2 fully saturated rings. The lowest BCUT2D eigenvalue weighted by Crippen LogP contribution is -2.55. The Balaban J connectivity index is 1.60. The number of rotatable bonds is 3. The van der Waals surface area contributed by atoms with E-state index in [1.165, 1.54) is 19.3 Å². The SMILES string of the molecule is CC(C)C(=O)N1CCN(c2nc3cc(Cl)ccc3c3nnc(C4CCCCC4)n23)CC1C. The van der Waals surface area contributed by atoms with E-state index in [1.54, 1.807) is 0 Å². The van der Waals surface area contributed by atoms with Gasteiger partial charge in [-0.2, -0.15) is 0 Å². The van der Waals surface area contributed by atoms with Gasteiger partial charge in [-0.3, -0.25) is 4.79 Å². The molecule has 170 valence electrons. The quantitative estimate of drug-likeness (QED) is 0.575. The fourth-order valence-electron chi connectivity index (χ4n) is 5.25. The number of carbonyl (C=O) groups is 1. The molecule has 1 saturated heterocycles. The maximum absolute atomic E-state index is 12.6. The standard InChI is InChI=1S/C24H31ClN6O/c1-15(2)23(32)30-12-11-29(14-16(30)3)24-26-20-13-18(25)9-10-19(20)22-28-27-21(31(22)24)17-7-5-4-6-8-17/h9-10,13,15-17H,4-8,11-12,14H2,1-3H3. The molecular formula is C24H31ClN6O. The third kappa shape index (κ3) is 3.70. The second kappa shape index (κ2) is 8.50. The first-order valence-corrected chi connectivity index (χ1v) is 12.2. The summed E-state index contributed by atoms with van der Waals surface area (Å²) in [4.78, 5) is 22.0. The second-order valence-electron chi connectivity index (χ2n) is 9.61. The molecule has 3 aromatic rings. The summed E-state index contributed by atoms with van der Waals surface area (Å²) in [6, 6.07) is 5.89. The molecule has 1 amide bonds. The number of piperazine rings is 1. The molecule has 32 heavy (non-hydrogen) atoms. The van der Waals surface area contributed by atoms with Crippen LogP contribution in [0.3, 0.4) is 0 Å². The summed E-state index contributed by atoms with van der Waals surface area (Å²) in [5.74, 6) is 2.52. The summed E-state index contributed by atoms with van der Waals surface area (Å²) in [5.41, 5.74) is 1.67. The highest BCUT2D eigenvalue weighted by molar-refractivity contribution is 6.31. The molecule has 1 atom stereocenters. The summed E-state index contributed by atoms with van der Waals surface area (Å²) < 4.78 is 2.18. The van der Waals surface area contributed by atoms with Crippen molar-refractivity contribution in [2.75, 3.05) is 24.5 Å². The third-order valence-electron chi connectivity index (χ3n) is 6.97. The Hall–Kier alpha value is -2.41. The van der Waals surface area contributed by atoms with Crippen molar-refractivity contribution in [3.63, 3.8) is 0 Å². The zero-order valence-electron chi connectivity index (χ0n) is 19.1. The molecule has 5 rings (SSSR count). The van der Waals surface area contributed by atoms with Gasteiger partial charge < -0.3 is 9.80 Å². The maximum Gasteiger partial charge on any atom is 0.225 e. The fourth-order valence-corrected chi connectivity index (χ4v) is 5.41. The van der Waals surface area contributed by atoms with Crippen LogP contribution in [0.1, 0.15) is 64.6 Å². The highest BCUT2D eigenvalue weighted by Crippen LogP contribution is 2.35. The minimum absolute atomic E-state index is 0.00685. The second-order valence-corrected chi connectivity index (χ2v) is 10.0. The summed E-state index contributed by atoms with van der Waals surface area (Å²) in [6.45, 7) is 8.21. The number of hydrogen-bond donors (Lipinski definition) is 0. The molecular weight excluding hydrogens is 424 g/mol. The van der Waals surface area contributed by atoms with Crippen LogP contribution in [0.15, 0.2) is 18.2 Å². The predicted octanol–water partition coefficient (Wildman–Crippen LogP) is 4.67. The monoisotopic (exact) mass is 454 g/mol. The molecule has 7 nitrogen and oxygen atoms in total. The summed E-state index contributed by atoms with van der Waals surface area (Å²) in [6.07, 6.45) is 6.05. The van der Waals surface area contributed by atoms with E-state index in [0.717, 1.165) is 54.3 Å². The van der Waals surface area contributed by atoms with Crippen LogP contribution in [0.2, 0.25) is 5.02 Å². The smallest absolute Gasteiger partial charge is 0.225 e. The van der Waals surface area contributed by atoms with Gasteiger partial charge in [0.05, 0.1) is 5.52 Å². The Morgan fingerprint density at radius 3 is 2.62 bits per heavy atom. The molecule has 0 bridgehead atoms. The highest BCUT2D eigenvalue weighted by atomic mass is 35.5. The molecule has 1 saturated carbocycles. The molecule has 3 heterocycles. The Labute approximate surface area is 193 Å². The number of hydrogen-bond acceptors (Lipinski definition) is 5. The molecule has 0 N–H and O–H groups in total. The van der Waals surface area contributed by atoms with Crippen molar-refractivity contribution in [2.45, 2.75) is 64.8 Å². The Kier molecular flexibility index (Phi) is 5.70. The van der Waals surface area contributed by atoms with E-state index in [-0.39, 0.29) is 17.9 Å². The van der Waals surface area contributed by atoms with Crippen LogP contribution in [-0.4, -0.2) is 56.1 Å². The zero-order valence-corrected chi connectivity index (χ0v) is 19.8. The largest absolute Gasteiger partial charge is 0.338 e.